The van der Waals surface area contributed by atoms with Gasteiger partial charge in [0, 0.05) is 12.6 Å². The van der Waals surface area contributed by atoms with Gasteiger partial charge in [-0.15, -0.1) is 0 Å². The molecule has 1 aliphatic carbocycles. The lowest BCUT2D eigenvalue weighted by atomic mass is 9.83. The first kappa shape index (κ1) is 33.0. The molecule has 3 aliphatic rings. The quantitative estimate of drug-likeness (QED) is 0.113. The van der Waals surface area contributed by atoms with E-state index in [1.165, 1.54) is 0 Å². The first-order valence-corrected chi connectivity index (χ1v) is 12.9. The summed E-state index contributed by atoms with van der Waals surface area (Å²) >= 11 is 0. The molecule has 0 unspecified atom stereocenters. The second-order valence-electron chi connectivity index (χ2n) is 10.2. The number of carbonyl (C=O) groups excluding carboxylic acids is 2. The first-order chi connectivity index (χ1) is 18.9. The SMILES string of the molecule is NCC[C@H](O)C(=O)N[C@@H]1C[C@H](N)[C@@H](O[C@H]2O[C@H](CN)[C@@H](O)[C@H](O)[C@H]2O)[C@H](O)[C@H]1O[C@H]1O[C@H](CO)[C@@H](O)[C@H](N)C1=O. The summed E-state index contributed by atoms with van der Waals surface area (Å²) in [5, 5.41) is 74.1. The Hall–Kier alpha value is -1.46. The smallest absolute Gasteiger partial charge is 0.249 e. The molecule has 3 rings (SSSR count). The van der Waals surface area contributed by atoms with Crippen molar-refractivity contribution < 1.29 is 64.3 Å². The highest BCUT2D eigenvalue weighted by Crippen LogP contribution is 2.31. The summed E-state index contributed by atoms with van der Waals surface area (Å²) in [5.41, 5.74) is 22.9. The topological polar surface area (TPSA) is 329 Å². The number of nitrogens with two attached hydrogens (primary N) is 4. The van der Waals surface area contributed by atoms with Crippen molar-refractivity contribution in [2.24, 2.45) is 22.9 Å². The molecule has 232 valence electrons. The van der Waals surface area contributed by atoms with Crippen LogP contribution in [0.5, 0.6) is 0 Å². The number of aliphatic hydroxyl groups excluding tert-OH is 7. The standard InChI is InChI=1S/C22H41N5O13/c23-2-1-8(29)20(36)27-7-3-6(25)18(39-22-16(34)15(33)13(31)9(4-24)37-22)17(35)19(7)40-21-14(32)11(26)12(30)10(5-28)38-21/h6-13,15-19,21-22,28-31,33-35H,1-5,23-26H2,(H,27,36)/t6-,7+,8-,9+,10+,11-,12+,13+,15-,16+,17-,18+,19-,21+,22+/m0/s1. The number of Topliss-reactive ketones (excluding diaryl/α,β-unsaturated/α-hetero) is 1. The van der Waals surface area contributed by atoms with Crippen LogP contribution in [-0.2, 0) is 28.5 Å². The molecule has 0 aromatic heterocycles. The summed E-state index contributed by atoms with van der Waals surface area (Å²) in [5.74, 6) is -1.79. The molecule has 0 bridgehead atoms. The summed E-state index contributed by atoms with van der Waals surface area (Å²) in [6, 6.07) is -3.71. The lowest BCUT2D eigenvalue weighted by Gasteiger charge is -2.48. The number of amides is 1. The number of aliphatic hydroxyl groups is 7. The van der Waals surface area contributed by atoms with E-state index in [2.05, 4.69) is 5.32 Å². The highest BCUT2D eigenvalue weighted by molar-refractivity contribution is 5.88. The van der Waals surface area contributed by atoms with Gasteiger partial charge < -0.3 is 82.9 Å². The molecular weight excluding hydrogens is 542 g/mol. The predicted octanol–water partition coefficient (Wildman–Crippen LogP) is -8.22. The van der Waals surface area contributed by atoms with E-state index in [0.29, 0.717) is 0 Å². The second-order valence-corrected chi connectivity index (χ2v) is 10.2. The van der Waals surface area contributed by atoms with Crippen molar-refractivity contribution in [2.45, 2.75) is 105 Å². The first-order valence-electron chi connectivity index (χ1n) is 12.9. The maximum Gasteiger partial charge on any atom is 0.249 e. The van der Waals surface area contributed by atoms with Crippen molar-refractivity contribution in [2.75, 3.05) is 19.7 Å². The van der Waals surface area contributed by atoms with Crippen molar-refractivity contribution >= 4 is 11.7 Å². The van der Waals surface area contributed by atoms with Gasteiger partial charge in [-0.05, 0) is 19.4 Å². The maximum atomic E-state index is 12.7. The van der Waals surface area contributed by atoms with Crippen molar-refractivity contribution in [3.05, 3.63) is 0 Å². The minimum absolute atomic E-state index is 0.00152. The fourth-order valence-corrected chi connectivity index (χ4v) is 4.94. The normalized spacial score (nSPS) is 45.2. The van der Waals surface area contributed by atoms with Gasteiger partial charge in [0.2, 0.25) is 18.0 Å². The number of rotatable bonds is 10. The maximum absolute atomic E-state index is 12.7. The van der Waals surface area contributed by atoms with Gasteiger partial charge in [-0.25, -0.2) is 0 Å². The third-order valence-electron chi connectivity index (χ3n) is 7.35. The van der Waals surface area contributed by atoms with E-state index in [4.69, 9.17) is 41.9 Å². The third kappa shape index (κ3) is 6.94. The van der Waals surface area contributed by atoms with Gasteiger partial charge >= 0.3 is 0 Å². The summed E-state index contributed by atoms with van der Waals surface area (Å²) in [6.45, 7) is -0.961. The van der Waals surface area contributed by atoms with Crippen LogP contribution in [-0.4, -0.2) is 159 Å². The van der Waals surface area contributed by atoms with Crippen LogP contribution in [0.25, 0.3) is 0 Å². The minimum atomic E-state index is -1.80. The Labute approximate surface area is 229 Å². The average Bonchev–Trinajstić information content (AvgIpc) is 2.92. The Morgan fingerprint density at radius 1 is 0.950 bits per heavy atom. The minimum Gasteiger partial charge on any atom is -0.394 e. The fraction of sp³-hybridized carbons (Fsp3) is 0.909. The third-order valence-corrected chi connectivity index (χ3v) is 7.35. The fourth-order valence-electron chi connectivity index (χ4n) is 4.94. The van der Waals surface area contributed by atoms with Crippen molar-refractivity contribution in [1.29, 1.82) is 0 Å². The molecule has 18 heteroatoms. The Morgan fingerprint density at radius 2 is 1.62 bits per heavy atom. The molecule has 0 spiro atoms. The van der Waals surface area contributed by atoms with E-state index in [1.54, 1.807) is 0 Å². The van der Waals surface area contributed by atoms with Crippen LogP contribution in [0.15, 0.2) is 0 Å². The van der Waals surface area contributed by atoms with Crippen LogP contribution < -0.4 is 28.3 Å². The zero-order valence-corrected chi connectivity index (χ0v) is 21.6. The van der Waals surface area contributed by atoms with E-state index in [9.17, 15) is 45.3 Å². The molecule has 18 nitrogen and oxygen atoms in total. The Balaban J connectivity index is 1.85. The lowest BCUT2D eigenvalue weighted by Crippen LogP contribution is -2.69. The zero-order valence-electron chi connectivity index (χ0n) is 21.6. The largest absolute Gasteiger partial charge is 0.394 e. The lowest BCUT2D eigenvalue weighted by molar-refractivity contribution is -0.323. The summed E-state index contributed by atoms with van der Waals surface area (Å²) in [7, 11) is 0. The van der Waals surface area contributed by atoms with Gasteiger partial charge in [-0.3, -0.25) is 9.59 Å². The van der Waals surface area contributed by atoms with Crippen molar-refractivity contribution in [3.8, 4) is 0 Å². The molecule has 1 amide bonds. The second kappa shape index (κ2) is 14.1. The molecule has 0 radical (unpaired) electrons. The molecule has 40 heavy (non-hydrogen) atoms. The van der Waals surface area contributed by atoms with Crippen molar-refractivity contribution in [1.82, 2.24) is 5.32 Å². The van der Waals surface area contributed by atoms with Gasteiger partial charge in [-0.2, -0.15) is 0 Å². The number of hydrogen-bond donors (Lipinski definition) is 12. The van der Waals surface area contributed by atoms with Gasteiger partial charge in [0.1, 0.15) is 61.0 Å². The Morgan fingerprint density at radius 3 is 2.23 bits per heavy atom. The molecule has 1 saturated carbocycles. The predicted molar refractivity (Wildman–Crippen MR) is 130 cm³/mol. The van der Waals surface area contributed by atoms with Crippen molar-refractivity contribution in [3.63, 3.8) is 0 Å². The van der Waals surface area contributed by atoms with Crippen LogP contribution in [0.3, 0.4) is 0 Å². The summed E-state index contributed by atoms with van der Waals surface area (Å²) < 4.78 is 22.3. The Kier molecular flexibility index (Phi) is 11.7. The Bertz CT molecular complexity index is 858. The van der Waals surface area contributed by atoms with E-state index in [1.807, 2.05) is 0 Å². The molecule has 0 aromatic carbocycles. The number of ether oxygens (including phenoxy) is 4. The molecule has 2 heterocycles. The molecular formula is C22H41N5O13. The van der Waals surface area contributed by atoms with Gasteiger partial charge in [-0.1, -0.05) is 0 Å². The average molecular weight is 584 g/mol. The van der Waals surface area contributed by atoms with Gasteiger partial charge in [0.25, 0.3) is 0 Å². The van der Waals surface area contributed by atoms with Crippen LogP contribution in [0, 0.1) is 0 Å². The molecule has 2 saturated heterocycles. The number of nitrogens with one attached hydrogen (secondary N) is 1. The number of hydrogen-bond acceptors (Lipinski definition) is 17. The monoisotopic (exact) mass is 583 g/mol. The zero-order chi connectivity index (χ0) is 29.9. The number of carbonyl (C=O) groups is 2. The highest BCUT2D eigenvalue weighted by atomic mass is 16.7. The van der Waals surface area contributed by atoms with Crippen LogP contribution >= 0.6 is 0 Å². The molecule has 16 N–H and O–H groups in total. The van der Waals surface area contributed by atoms with E-state index in [0.717, 1.165) is 0 Å². The van der Waals surface area contributed by atoms with E-state index < -0.39 is 110 Å². The van der Waals surface area contributed by atoms with Crippen LogP contribution in [0.4, 0.5) is 0 Å². The summed E-state index contributed by atoms with van der Waals surface area (Å²) in [6.07, 6.45) is -18.8. The van der Waals surface area contributed by atoms with E-state index >= 15 is 0 Å². The van der Waals surface area contributed by atoms with Crippen LogP contribution in [0.1, 0.15) is 12.8 Å². The molecule has 0 aromatic rings. The molecule has 3 fully saturated rings. The molecule has 15 atom stereocenters. The van der Waals surface area contributed by atoms with Gasteiger partial charge in [0.05, 0.1) is 18.7 Å². The molecule has 2 aliphatic heterocycles. The van der Waals surface area contributed by atoms with Crippen LogP contribution in [0.2, 0.25) is 0 Å². The number of ketones is 1. The highest BCUT2D eigenvalue weighted by Gasteiger charge is 2.52. The van der Waals surface area contributed by atoms with E-state index in [-0.39, 0.29) is 25.9 Å². The van der Waals surface area contributed by atoms with Gasteiger partial charge in [0.15, 0.2) is 6.29 Å². The summed E-state index contributed by atoms with van der Waals surface area (Å²) in [4.78, 5) is 25.3.